The molecule has 0 fully saturated rings. The van der Waals surface area contributed by atoms with E-state index in [2.05, 4.69) is 0 Å². The summed E-state index contributed by atoms with van der Waals surface area (Å²) in [6.07, 6.45) is 0.806. The maximum Gasteiger partial charge on any atom is 0.168 e. The van der Waals surface area contributed by atoms with Crippen LogP contribution in [0.3, 0.4) is 0 Å². The first-order valence-electron chi connectivity index (χ1n) is 5.09. The second kappa shape index (κ2) is 4.82. The molecular weight excluding hydrogens is 192 g/mol. The highest BCUT2D eigenvalue weighted by molar-refractivity contribution is 5.97. The summed E-state index contributed by atoms with van der Waals surface area (Å²) in [7, 11) is 0. The fourth-order valence-corrected chi connectivity index (χ4v) is 1.40. The molecular formula is C12H16O3. The van der Waals surface area contributed by atoms with Crippen molar-refractivity contribution in [2.24, 2.45) is 0 Å². The van der Waals surface area contributed by atoms with Gasteiger partial charge < -0.3 is 9.84 Å². The van der Waals surface area contributed by atoms with Crippen LogP contribution in [-0.2, 0) is 6.42 Å². The summed E-state index contributed by atoms with van der Waals surface area (Å²) in [4.78, 5) is 11.3. The van der Waals surface area contributed by atoms with Gasteiger partial charge in [0.25, 0.3) is 0 Å². The minimum atomic E-state index is -0.149. The number of aromatic hydroxyl groups is 1. The molecule has 0 aliphatic carbocycles. The Bertz CT molecular complexity index is 369. The zero-order chi connectivity index (χ0) is 11.4. The third-order valence-electron chi connectivity index (χ3n) is 2.22. The van der Waals surface area contributed by atoms with Crippen molar-refractivity contribution in [2.75, 3.05) is 6.61 Å². The minimum Gasteiger partial charge on any atom is -0.504 e. The number of phenolic OH excluding ortho intramolecular Hbond substituents is 1. The van der Waals surface area contributed by atoms with E-state index in [1.807, 2.05) is 13.8 Å². The summed E-state index contributed by atoms with van der Waals surface area (Å²) in [6, 6.07) is 3.48. The van der Waals surface area contributed by atoms with Crippen LogP contribution in [0.25, 0.3) is 0 Å². The number of rotatable bonds is 4. The smallest absolute Gasteiger partial charge is 0.168 e. The molecule has 82 valence electrons. The molecule has 0 atom stereocenters. The molecule has 0 heterocycles. The Hall–Kier alpha value is -1.51. The maximum atomic E-state index is 11.3. The standard InChI is InChI=1S/C12H16O3/c1-4-9-6-10(8(3)13)12(14)11(7-9)15-5-2/h6-7,14H,4-5H2,1-3H3. The lowest BCUT2D eigenvalue weighted by Gasteiger charge is -2.10. The van der Waals surface area contributed by atoms with Crippen molar-refractivity contribution < 1.29 is 14.6 Å². The number of Topliss-reactive ketones (excluding diaryl/α,β-unsaturated/α-hetero) is 1. The van der Waals surface area contributed by atoms with Crippen LogP contribution in [0.2, 0.25) is 0 Å². The summed E-state index contributed by atoms with van der Waals surface area (Å²) in [5.41, 5.74) is 1.32. The first-order chi connectivity index (χ1) is 7.10. The van der Waals surface area contributed by atoms with Gasteiger partial charge in [-0.15, -0.1) is 0 Å². The number of benzene rings is 1. The Morgan fingerprint density at radius 3 is 2.53 bits per heavy atom. The zero-order valence-corrected chi connectivity index (χ0v) is 9.33. The van der Waals surface area contributed by atoms with Gasteiger partial charge in [0.05, 0.1) is 12.2 Å². The highest BCUT2D eigenvalue weighted by Crippen LogP contribution is 2.32. The van der Waals surface area contributed by atoms with Gasteiger partial charge in [-0.1, -0.05) is 6.92 Å². The average molecular weight is 208 g/mol. The molecule has 3 heteroatoms. The number of hydrogen-bond acceptors (Lipinski definition) is 3. The van der Waals surface area contributed by atoms with E-state index in [-0.39, 0.29) is 11.5 Å². The van der Waals surface area contributed by atoms with Gasteiger partial charge in [0, 0.05) is 0 Å². The van der Waals surface area contributed by atoms with E-state index in [4.69, 9.17) is 4.74 Å². The molecule has 0 radical (unpaired) electrons. The summed E-state index contributed by atoms with van der Waals surface area (Å²) in [6.45, 7) is 5.74. The van der Waals surface area contributed by atoms with Crippen molar-refractivity contribution >= 4 is 5.78 Å². The summed E-state index contributed by atoms with van der Waals surface area (Å²) in [5.74, 6) is 0.187. The fraction of sp³-hybridized carbons (Fsp3) is 0.417. The van der Waals surface area contributed by atoms with E-state index in [0.29, 0.717) is 17.9 Å². The van der Waals surface area contributed by atoms with E-state index in [1.54, 1.807) is 12.1 Å². The molecule has 0 amide bonds. The lowest BCUT2D eigenvalue weighted by molar-refractivity contribution is 0.101. The Balaban J connectivity index is 3.26. The van der Waals surface area contributed by atoms with E-state index in [1.165, 1.54) is 6.92 Å². The molecule has 0 unspecified atom stereocenters. The molecule has 1 N–H and O–H groups in total. The molecule has 1 aromatic carbocycles. The van der Waals surface area contributed by atoms with Crippen LogP contribution in [0.1, 0.15) is 36.7 Å². The van der Waals surface area contributed by atoms with Crippen LogP contribution < -0.4 is 4.74 Å². The predicted octanol–water partition coefficient (Wildman–Crippen LogP) is 2.56. The molecule has 0 spiro atoms. The Labute approximate surface area is 89.7 Å². The van der Waals surface area contributed by atoms with Crippen molar-refractivity contribution in [3.63, 3.8) is 0 Å². The van der Waals surface area contributed by atoms with Gasteiger partial charge in [0.1, 0.15) is 0 Å². The third-order valence-corrected chi connectivity index (χ3v) is 2.22. The van der Waals surface area contributed by atoms with Crippen LogP contribution in [0.5, 0.6) is 11.5 Å². The van der Waals surface area contributed by atoms with Gasteiger partial charge in [0.15, 0.2) is 17.3 Å². The van der Waals surface area contributed by atoms with E-state index in [9.17, 15) is 9.90 Å². The highest BCUT2D eigenvalue weighted by Gasteiger charge is 2.13. The van der Waals surface area contributed by atoms with Crippen LogP contribution in [-0.4, -0.2) is 17.5 Å². The van der Waals surface area contributed by atoms with Gasteiger partial charge in [0.2, 0.25) is 0 Å². The largest absolute Gasteiger partial charge is 0.504 e. The predicted molar refractivity (Wildman–Crippen MR) is 58.7 cm³/mol. The van der Waals surface area contributed by atoms with Crippen molar-refractivity contribution in [3.8, 4) is 11.5 Å². The number of ketones is 1. The molecule has 0 bridgehead atoms. The number of hydrogen-bond donors (Lipinski definition) is 1. The second-order valence-electron chi connectivity index (χ2n) is 3.33. The van der Waals surface area contributed by atoms with E-state index in [0.717, 1.165) is 12.0 Å². The molecule has 0 aliphatic rings. The van der Waals surface area contributed by atoms with E-state index >= 15 is 0 Å². The molecule has 1 aromatic rings. The van der Waals surface area contributed by atoms with Crippen LogP contribution in [0, 0.1) is 0 Å². The van der Waals surface area contributed by atoms with Crippen molar-refractivity contribution in [1.29, 1.82) is 0 Å². The first-order valence-corrected chi connectivity index (χ1v) is 5.09. The zero-order valence-electron chi connectivity index (χ0n) is 9.33. The number of ether oxygens (including phenoxy) is 1. The number of aryl methyl sites for hydroxylation is 1. The maximum absolute atomic E-state index is 11.3. The van der Waals surface area contributed by atoms with Crippen LogP contribution in [0.15, 0.2) is 12.1 Å². The van der Waals surface area contributed by atoms with Crippen molar-refractivity contribution in [2.45, 2.75) is 27.2 Å². The van der Waals surface area contributed by atoms with Gasteiger partial charge in [-0.25, -0.2) is 0 Å². The van der Waals surface area contributed by atoms with Gasteiger partial charge in [-0.3, -0.25) is 4.79 Å². The highest BCUT2D eigenvalue weighted by atomic mass is 16.5. The molecule has 0 saturated carbocycles. The molecule has 3 nitrogen and oxygen atoms in total. The first kappa shape index (κ1) is 11.6. The molecule has 0 aliphatic heterocycles. The lowest BCUT2D eigenvalue weighted by atomic mass is 10.0. The van der Waals surface area contributed by atoms with E-state index < -0.39 is 0 Å². The Kier molecular flexibility index (Phi) is 3.72. The quantitative estimate of drug-likeness (QED) is 0.773. The monoisotopic (exact) mass is 208 g/mol. The lowest BCUT2D eigenvalue weighted by Crippen LogP contribution is -1.99. The topological polar surface area (TPSA) is 46.5 Å². The summed E-state index contributed by atoms with van der Waals surface area (Å²) in [5, 5.41) is 9.76. The second-order valence-corrected chi connectivity index (χ2v) is 3.33. The number of carbonyl (C=O) groups excluding carboxylic acids is 1. The van der Waals surface area contributed by atoms with Crippen molar-refractivity contribution in [3.05, 3.63) is 23.3 Å². The Morgan fingerprint density at radius 1 is 1.40 bits per heavy atom. The normalized spacial score (nSPS) is 10.1. The fourth-order valence-electron chi connectivity index (χ4n) is 1.40. The SMILES string of the molecule is CCOc1cc(CC)cc(C(C)=O)c1O. The van der Waals surface area contributed by atoms with Gasteiger partial charge in [-0.05, 0) is 38.0 Å². The van der Waals surface area contributed by atoms with Gasteiger partial charge in [-0.2, -0.15) is 0 Å². The molecule has 1 rings (SSSR count). The summed E-state index contributed by atoms with van der Waals surface area (Å²) < 4.78 is 5.27. The molecule has 15 heavy (non-hydrogen) atoms. The number of carbonyl (C=O) groups is 1. The van der Waals surface area contributed by atoms with Crippen molar-refractivity contribution in [1.82, 2.24) is 0 Å². The molecule has 0 saturated heterocycles. The third kappa shape index (κ3) is 2.49. The van der Waals surface area contributed by atoms with Gasteiger partial charge >= 0.3 is 0 Å². The van der Waals surface area contributed by atoms with Crippen LogP contribution >= 0.6 is 0 Å². The average Bonchev–Trinajstić information content (AvgIpc) is 2.21. The molecule has 0 aromatic heterocycles. The number of phenols is 1. The van der Waals surface area contributed by atoms with Crippen LogP contribution in [0.4, 0.5) is 0 Å². The Morgan fingerprint density at radius 2 is 2.07 bits per heavy atom. The minimum absolute atomic E-state index is 0.0541. The summed E-state index contributed by atoms with van der Waals surface area (Å²) >= 11 is 0.